The van der Waals surface area contributed by atoms with Crippen LogP contribution in [0.25, 0.3) is 0 Å². The van der Waals surface area contributed by atoms with E-state index in [9.17, 15) is 13.2 Å². The van der Waals surface area contributed by atoms with Crippen molar-refractivity contribution in [2.75, 3.05) is 22.6 Å². The standard InChI is InChI=1S/C14H19NO3S2/c1-10-3-4-13(11(2)7-10)15-14(16)8-19-12-5-6-20(17,18)9-12/h3-4,7,12H,5-6,8-9H2,1-2H3,(H,15,16)/t12-/m0/s1. The number of nitrogens with one attached hydrogen (secondary N) is 1. The smallest absolute Gasteiger partial charge is 0.234 e. The molecule has 110 valence electrons. The van der Waals surface area contributed by atoms with E-state index in [2.05, 4.69) is 5.32 Å². The fourth-order valence-corrected chi connectivity index (χ4v) is 5.67. The van der Waals surface area contributed by atoms with Crippen LogP contribution in [0.4, 0.5) is 5.69 Å². The maximum absolute atomic E-state index is 11.9. The van der Waals surface area contributed by atoms with Crippen molar-refractivity contribution in [2.24, 2.45) is 0 Å². The molecule has 1 aromatic carbocycles. The normalized spacial score (nSPS) is 20.8. The molecule has 20 heavy (non-hydrogen) atoms. The number of amides is 1. The summed E-state index contributed by atoms with van der Waals surface area (Å²) in [7, 11) is -2.87. The van der Waals surface area contributed by atoms with Crippen molar-refractivity contribution in [3.63, 3.8) is 0 Å². The Morgan fingerprint density at radius 2 is 2.15 bits per heavy atom. The first kappa shape index (κ1) is 15.4. The van der Waals surface area contributed by atoms with E-state index in [-0.39, 0.29) is 22.7 Å². The Morgan fingerprint density at radius 3 is 2.75 bits per heavy atom. The summed E-state index contributed by atoms with van der Waals surface area (Å²) in [4.78, 5) is 11.9. The van der Waals surface area contributed by atoms with Gasteiger partial charge in [0, 0.05) is 10.9 Å². The van der Waals surface area contributed by atoms with E-state index in [1.54, 1.807) is 0 Å². The number of benzene rings is 1. The molecule has 1 atom stereocenters. The quantitative estimate of drug-likeness (QED) is 0.925. The van der Waals surface area contributed by atoms with Crippen LogP contribution in [0.5, 0.6) is 0 Å². The Morgan fingerprint density at radius 1 is 1.40 bits per heavy atom. The number of sulfone groups is 1. The molecule has 0 unspecified atom stereocenters. The fourth-order valence-electron chi connectivity index (χ4n) is 2.23. The van der Waals surface area contributed by atoms with E-state index in [1.165, 1.54) is 11.8 Å². The first-order valence-electron chi connectivity index (χ1n) is 6.55. The number of carbonyl (C=O) groups is 1. The van der Waals surface area contributed by atoms with Gasteiger partial charge in [-0.05, 0) is 31.9 Å². The van der Waals surface area contributed by atoms with Crippen molar-refractivity contribution in [1.29, 1.82) is 0 Å². The van der Waals surface area contributed by atoms with Crippen molar-refractivity contribution in [1.82, 2.24) is 0 Å². The van der Waals surface area contributed by atoms with Crippen LogP contribution in [0.3, 0.4) is 0 Å². The Labute approximate surface area is 124 Å². The van der Waals surface area contributed by atoms with Gasteiger partial charge in [-0.25, -0.2) is 8.42 Å². The molecule has 0 saturated carbocycles. The lowest BCUT2D eigenvalue weighted by atomic mass is 10.1. The number of anilines is 1. The average Bonchev–Trinajstić information content (AvgIpc) is 2.70. The van der Waals surface area contributed by atoms with E-state index < -0.39 is 9.84 Å². The van der Waals surface area contributed by atoms with E-state index >= 15 is 0 Å². The summed E-state index contributed by atoms with van der Waals surface area (Å²) < 4.78 is 22.7. The highest BCUT2D eigenvalue weighted by Gasteiger charge is 2.28. The lowest BCUT2D eigenvalue weighted by molar-refractivity contribution is -0.113. The average molecular weight is 313 g/mol. The zero-order valence-electron chi connectivity index (χ0n) is 11.7. The summed E-state index contributed by atoms with van der Waals surface area (Å²) >= 11 is 1.43. The summed E-state index contributed by atoms with van der Waals surface area (Å²) in [6.07, 6.45) is 0.657. The highest BCUT2D eigenvalue weighted by Crippen LogP contribution is 2.24. The van der Waals surface area contributed by atoms with Gasteiger partial charge in [-0.2, -0.15) is 0 Å². The Bertz CT molecular complexity index is 611. The largest absolute Gasteiger partial charge is 0.325 e. The van der Waals surface area contributed by atoms with Gasteiger partial charge in [-0.3, -0.25) is 4.79 Å². The molecule has 1 amide bonds. The van der Waals surface area contributed by atoms with Crippen LogP contribution in [0.15, 0.2) is 18.2 Å². The Hall–Kier alpha value is -1.01. The molecule has 1 saturated heterocycles. The summed E-state index contributed by atoms with van der Waals surface area (Å²) in [6.45, 7) is 3.97. The predicted molar refractivity (Wildman–Crippen MR) is 84.1 cm³/mol. The summed E-state index contributed by atoms with van der Waals surface area (Å²) in [5.74, 6) is 0.678. The summed E-state index contributed by atoms with van der Waals surface area (Å²) in [5, 5.41) is 2.93. The number of rotatable bonds is 4. The molecule has 4 nitrogen and oxygen atoms in total. The van der Waals surface area contributed by atoms with Gasteiger partial charge in [-0.15, -0.1) is 11.8 Å². The second kappa shape index (κ2) is 6.18. The van der Waals surface area contributed by atoms with Gasteiger partial charge in [0.2, 0.25) is 5.91 Å². The highest BCUT2D eigenvalue weighted by molar-refractivity contribution is 8.02. The number of thioether (sulfide) groups is 1. The molecular weight excluding hydrogens is 294 g/mol. The zero-order valence-corrected chi connectivity index (χ0v) is 13.3. The van der Waals surface area contributed by atoms with Gasteiger partial charge >= 0.3 is 0 Å². The minimum atomic E-state index is -2.87. The number of hydrogen-bond acceptors (Lipinski definition) is 4. The molecule has 0 spiro atoms. The molecule has 1 N–H and O–H groups in total. The van der Waals surface area contributed by atoms with Gasteiger partial charge in [0.1, 0.15) is 0 Å². The number of aryl methyl sites for hydroxylation is 2. The molecule has 0 bridgehead atoms. The molecule has 2 rings (SSSR count). The molecule has 0 aliphatic carbocycles. The minimum Gasteiger partial charge on any atom is -0.325 e. The molecule has 1 aliphatic heterocycles. The minimum absolute atomic E-state index is 0.0601. The van der Waals surface area contributed by atoms with E-state index in [4.69, 9.17) is 0 Å². The molecular formula is C14H19NO3S2. The summed E-state index contributed by atoms with van der Waals surface area (Å²) in [5.41, 5.74) is 3.01. The van der Waals surface area contributed by atoms with Crippen LogP contribution in [0, 0.1) is 13.8 Å². The molecule has 1 aromatic rings. The van der Waals surface area contributed by atoms with Crippen LogP contribution in [0.2, 0.25) is 0 Å². The predicted octanol–water partition coefficient (Wildman–Crippen LogP) is 2.16. The maximum Gasteiger partial charge on any atom is 0.234 e. The van der Waals surface area contributed by atoms with Crippen LogP contribution in [-0.4, -0.2) is 36.8 Å². The van der Waals surface area contributed by atoms with E-state index in [0.29, 0.717) is 12.2 Å². The zero-order chi connectivity index (χ0) is 14.8. The fraction of sp³-hybridized carbons (Fsp3) is 0.500. The first-order chi connectivity index (χ1) is 9.35. The molecule has 6 heteroatoms. The first-order valence-corrected chi connectivity index (χ1v) is 9.42. The van der Waals surface area contributed by atoms with Gasteiger partial charge in [0.25, 0.3) is 0 Å². The lowest BCUT2D eigenvalue weighted by Gasteiger charge is -2.10. The molecule has 1 aliphatic rings. The third-order valence-electron chi connectivity index (χ3n) is 3.30. The number of carbonyl (C=O) groups excluding carboxylic acids is 1. The summed E-state index contributed by atoms with van der Waals surface area (Å²) in [6, 6.07) is 5.87. The second-order valence-electron chi connectivity index (χ2n) is 5.20. The van der Waals surface area contributed by atoms with Crippen molar-refractivity contribution < 1.29 is 13.2 Å². The van der Waals surface area contributed by atoms with Crippen LogP contribution >= 0.6 is 11.8 Å². The molecule has 1 fully saturated rings. The second-order valence-corrected chi connectivity index (χ2v) is 8.72. The molecule has 0 radical (unpaired) electrons. The topological polar surface area (TPSA) is 63.2 Å². The van der Waals surface area contributed by atoms with Crippen LogP contribution in [-0.2, 0) is 14.6 Å². The maximum atomic E-state index is 11.9. The SMILES string of the molecule is Cc1ccc(NC(=O)CS[C@H]2CCS(=O)(=O)C2)c(C)c1. The van der Waals surface area contributed by atoms with E-state index in [1.807, 2.05) is 32.0 Å². The Kier molecular flexibility index (Phi) is 4.75. The van der Waals surface area contributed by atoms with Crippen molar-refractivity contribution in [3.05, 3.63) is 29.3 Å². The lowest BCUT2D eigenvalue weighted by Crippen LogP contribution is -2.17. The monoisotopic (exact) mass is 313 g/mol. The van der Waals surface area contributed by atoms with Gasteiger partial charge in [0.15, 0.2) is 9.84 Å². The van der Waals surface area contributed by atoms with Crippen molar-refractivity contribution in [2.45, 2.75) is 25.5 Å². The van der Waals surface area contributed by atoms with E-state index in [0.717, 1.165) is 16.8 Å². The molecule has 1 heterocycles. The third-order valence-corrected chi connectivity index (χ3v) is 6.58. The van der Waals surface area contributed by atoms with Gasteiger partial charge < -0.3 is 5.32 Å². The Balaban J connectivity index is 1.84. The third kappa shape index (κ3) is 4.24. The van der Waals surface area contributed by atoms with Gasteiger partial charge in [-0.1, -0.05) is 17.7 Å². The van der Waals surface area contributed by atoms with Crippen molar-refractivity contribution >= 4 is 33.2 Å². The molecule has 0 aromatic heterocycles. The van der Waals surface area contributed by atoms with Crippen molar-refractivity contribution in [3.8, 4) is 0 Å². The number of hydrogen-bond donors (Lipinski definition) is 1. The van der Waals surface area contributed by atoms with Crippen LogP contribution < -0.4 is 5.32 Å². The van der Waals surface area contributed by atoms with Crippen LogP contribution in [0.1, 0.15) is 17.5 Å². The van der Waals surface area contributed by atoms with Gasteiger partial charge in [0.05, 0.1) is 17.3 Å². The highest BCUT2D eigenvalue weighted by atomic mass is 32.2.